The highest BCUT2D eigenvalue weighted by Crippen LogP contribution is 2.25. The Bertz CT molecular complexity index is 723. The molecule has 0 atom stereocenters. The lowest BCUT2D eigenvalue weighted by atomic mass is 10.2. The highest BCUT2D eigenvalue weighted by molar-refractivity contribution is 6.30. The molecular formula is C14H9ClF2N2O3. The van der Waals surface area contributed by atoms with Gasteiger partial charge in [0.1, 0.15) is 5.75 Å². The van der Waals surface area contributed by atoms with Crippen molar-refractivity contribution in [3.63, 3.8) is 0 Å². The first kappa shape index (κ1) is 15.8. The molecule has 5 nitrogen and oxygen atoms in total. The third-order valence-electron chi connectivity index (χ3n) is 2.58. The van der Waals surface area contributed by atoms with Gasteiger partial charge in [0.15, 0.2) is 0 Å². The normalized spacial score (nSPS) is 11.1. The first-order valence-corrected chi connectivity index (χ1v) is 6.36. The van der Waals surface area contributed by atoms with Crippen LogP contribution in [0.4, 0.5) is 20.2 Å². The Morgan fingerprint density at radius 2 is 2.05 bits per heavy atom. The van der Waals surface area contributed by atoms with E-state index >= 15 is 0 Å². The van der Waals surface area contributed by atoms with Gasteiger partial charge in [0.05, 0.1) is 10.6 Å². The van der Waals surface area contributed by atoms with Gasteiger partial charge in [-0.15, -0.1) is 0 Å². The highest BCUT2D eigenvalue weighted by Gasteiger charge is 2.13. The molecule has 0 fully saturated rings. The van der Waals surface area contributed by atoms with Crippen LogP contribution in [0.25, 0.3) is 0 Å². The Labute approximate surface area is 129 Å². The van der Waals surface area contributed by atoms with Crippen molar-refractivity contribution in [2.24, 2.45) is 4.99 Å². The topological polar surface area (TPSA) is 64.7 Å². The summed E-state index contributed by atoms with van der Waals surface area (Å²) in [5, 5.41) is 11.2. The lowest BCUT2D eigenvalue weighted by molar-refractivity contribution is -0.384. The van der Waals surface area contributed by atoms with Gasteiger partial charge in [0.2, 0.25) is 0 Å². The molecule has 8 heteroatoms. The number of ether oxygens (including phenoxy) is 1. The summed E-state index contributed by atoms with van der Waals surface area (Å²) in [7, 11) is 0. The molecule has 2 aromatic rings. The van der Waals surface area contributed by atoms with Crippen LogP contribution in [0, 0.1) is 10.1 Å². The average molecular weight is 327 g/mol. The fraction of sp³-hybridized carbons (Fsp3) is 0.0714. The molecule has 0 bridgehead atoms. The van der Waals surface area contributed by atoms with E-state index in [2.05, 4.69) is 9.73 Å². The van der Waals surface area contributed by atoms with E-state index in [0.29, 0.717) is 10.7 Å². The summed E-state index contributed by atoms with van der Waals surface area (Å²) in [6.45, 7) is -3.04. The van der Waals surface area contributed by atoms with E-state index in [1.54, 1.807) is 24.3 Å². The van der Waals surface area contributed by atoms with Crippen LogP contribution in [0.5, 0.6) is 5.75 Å². The molecule has 22 heavy (non-hydrogen) atoms. The summed E-state index contributed by atoms with van der Waals surface area (Å²) < 4.78 is 29.0. The van der Waals surface area contributed by atoms with Gasteiger partial charge >= 0.3 is 6.61 Å². The molecule has 0 aromatic heterocycles. The standard InChI is InChI=1S/C14H9ClF2N2O3/c15-10-2-1-3-11(7-10)18-8-9-6-12(19(20)21)4-5-13(9)22-14(16)17/h1-8,14H/b18-8+. The van der Waals surface area contributed by atoms with Crippen molar-refractivity contribution in [2.75, 3.05) is 0 Å². The molecule has 0 radical (unpaired) electrons. The zero-order chi connectivity index (χ0) is 16.1. The number of benzene rings is 2. The fourth-order valence-corrected chi connectivity index (χ4v) is 1.84. The smallest absolute Gasteiger partial charge is 0.387 e. The molecule has 0 saturated carbocycles. The predicted octanol–water partition coefficient (Wildman–Crippen LogP) is 4.60. The number of non-ortho nitro benzene ring substituents is 1. The van der Waals surface area contributed by atoms with Crippen LogP contribution in [0.1, 0.15) is 5.56 Å². The lowest BCUT2D eigenvalue weighted by Gasteiger charge is -2.07. The van der Waals surface area contributed by atoms with Gasteiger partial charge in [0, 0.05) is 28.9 Å². The molecule has 0 spiro atoms. The Morgan fingerprint density at radius 3 is 2.68 bits per heavy atom. The summed E-state index contributed by atoms with van der Waals surface area (Å²) in [4.78, 5) is 14.2. The molecule has 2 aromatic carbocycles. The quantitative estimate of drug-likeness (QED) is 0.458. The summed E-state index contributed by atoms with van der Waals surface area (Å²) in [5.41, 5.74) is 0.283. The van der Waals surface area contributed by atoms with E-state index in [0.717, 1.165) is 18.2 Å². The second-order valence-corrected chi connectivity index (χ2v) is 4.53. The molecule has 2 rings (SSSR count). The van der Waals surface area contributed by atoms with Crippen LogP contribution in [0.2, 0.25) is 5.02 Å². The fourth-order valence-electron chi connectivity index (χ4n) is 1.65. The number of nitro groups is 1. The third kappa shape index (κ3) is 4.23. The van der Waals surface area contributed by atoms with Gasteiger partial charge in [0.25, 0.3) is 5.69 Å². The van der Waals surface area contributed by atoms with Crippen molar-refractivity contribution in [1.82, 2.24) is 0 Å². The number of alkyl halides is 2. The zero-order valence-corrected chi connectivity index (χ0v) is 11.7. The maximum Gasteiger partial charge on any atom is 0.387 e. The molecule has 0 unspecified atom stereocenters. The predicted molar refractivity (Wildman–Crippen MR) is 78.4 cm³/mol. The molecule has 0 aliphatic heterocycles. The van der Waals surface area contributed by atoms with E-state index in [-0.39, 0.29) is 17.0 Å². The molecule has 0 saturated heterocycles. The maximum absolute atomic E-state index is 12.4. The minimum Gasteiger partial charge on any atom is -0.434 e. The van der Waals surface area contributed by atoms with E-state index in [9.17, 15) is 18.9 Å². The van der Waals surface area contributed by atoms with Crippen LogP contribution in [0.3, 0.4) is 0 Å². The Balaban J connectivity index is 2.37. The van der Waals surface area contributed by atoms with Crippen LogP contribution < -0.4 is 4.74 Å². The summed E-state index contributed by atoms with van der Waals surface area (Å²) >= 11 is 5.81. The molecular weight excluding hydrogens is 318 g/mol. The number of rotatable bonds is 5. The first-order chi connectivity index (χ1) is 10.5. The van der Waals surface area contributed by atoms with Crippen molar-refractivity contribution >= 4 is 29.2 Å². The Hall–Kier alpha value is -2.54. The van der Waals surface area contributed by atoms with Crippen LogP contribution in [-0.4, -0.2) is 17.7 Å². The van der Waals surface area contributed by atoms with Crippen molar-refractivity contribution in [1.29, 1.82) is 0 Å². The number of halogens is 3. The van der Waals surface area contributed by atoms with E-state index in [4.69, 9.17) is 11.6 Å². The van der Waals surface area contributed by atoms with Crippen molar-refractivity contribution in [2.45, 2.75) is 6.61 Å². The van der Waals surface area contributed by atoms with Gasteiger partial charge in [-0.2, -0.15) is 8.78 Å². The van der Waals surface area contributed by atoms with Gasteiger partial charge in [-0.1, -0.05) is 17.7 Å². The molecule has 0 aliphatic carbocycles. The van der Waals surface area contributed by atoms with E-state index in [1.165, 1.54) is 6.21 Å². The van der Waals surface area contributed by atoms with Crippen molar-refractivity contribution in [3.05, 3.63) is 63.2 Å². The molecule has 114 valence electrons. The number of hydrogen-bond donors (Lipinski definition) is 0. The molecule has 0 heterocycles. The second kappa shape index (κ2) is 6.95. The zero-order valence-electron chi connectivity index (χ0n) is 10.9. The van der Waals surface area contributed by atoms with E-state index < -0.39 is 11.5 Å². The SMILES string of the molecule is O=[N+]([O-])c1ccc(OC(F)F)c(/C=N/c2cccc(Cl)c2)c1. The van der Waals surface area contributed by atoms with Crippen LogP contribution >= 0.6 is 11.6 Å². The highest BCUT2D eigenvalue weighted by atomic mass is 35.5. The second-order valence-electron chi connectivity index (χ2n) is 4.10. The third-order valence-corrected chi connectivity index (χ3v) is 2.82. The van der Waals surface area contributed by atoms with Crippen LogP contribution in [0.15, 0.2) is 47.5 Å². The minimum atomic E-state index is -3.04. The number of aliphatic imine (C=N–C) groups is 1. The van der Waals surface area contributed by atoms with E-state index in [1.807, 2.05) is 0 Å². The largest absolute Gasteiger partial charge is 0.434 e. The summed E-state index contributed by atoms with van der Waals surface area (Å²) in [6.07, 6.45) is 1.20. The molecule has 0 N–H and O–H groups in total. The Kier molecular flexibility index (Phi) is 5.00. The average Bonchev–Trinajstić information content (AvgIpc) is 2.45. The van der Waals surface area contributed by atoms with Gasteiger partial charge < -0.3 is 4.74 Å². The molecule has 0 aliphatic rings. The Morgan fingerprint density at radius 1 is 1.27 bits per heavy atom. The summed E-state index contributed by atoms with van der Waals surface area (Å²) in [5.74, 6) is -0.202. The minimum absolute atomic E-state index is 0.0643. The number of hydrogen-bond acceptors (Lipinski definition) is 4. The van der Waals surface area contributed by atoms with Crippen molar-refractivity contribution in [3.8, 4) is 5.75 Å². The van der Waals surface area contributed by atoms with Crippen LogP contribution in [-0.2, 0) is 0 Å². The lowest BCUT2D eigenvalue weighted by Crippen LogP contribution is -2.04. The maximum atomic E-state index is 12.4. The van der Waals surface area contributed by atoms with Gasteiger partial charge in [-0.25, -0.2) is 0 Å². The van der Waals surface area contributed by atoms with Crippen molar-refractivity contribution < 1.29 is 18.4 Å². The number of nitrogens with zero attached hydrogens (tertiary/aromatic N) is 2. The summed E-state index contributed by atoms with van der Waals surface area (Å²) in [6, 6.07) is 9.80. The monoisotopic (exact) mass is 326 g/mol. The first-order valence-electron chi connectivity index (χ1n) is 5.98. The number of nitro benzene ring substituents is 1. The molecule has 0 amide bonds. The van der Waals surface area contributed by atoms with Gasteiger partial charge in [-0.05, 0) is 24.3 Å². The van der Waals surface area contributed by atoms with Gasteiger partial charge in [-0.3, -0.25) is 15.1 Å².